The van der Waals surface area contributed by atoms with Crippen molar-refractivity contribution in [3.8, 4) is 5.69 Å². The van der Waals surface area contributed by atoms with Gasteiger partial charge >= 0.3 is 0 Å². The Morgan fingerprint density at radius 1 is 1.12 bits per heavy atom. The van der Waals surface area contributed by atoms with Crippen molar-refractivity contribution in [3.05, 3.63) is 41.2 Å². The van der Waals surface area contributed by atoms with Gasteiger partial charge in [0.2, 0.25) is 0 Å². The Kier molecular flexibility index (Phi) is 2.86. The van der Waals surface area contributed by atoms with Crippen molar-refractivity contribution < 1.29 is 0 Å². The second kappa shape index (κ2) is 4.03. The minimum atomic E-state index is 0.145. The number of para-hydroxylation sites is 1. The molecule has 1 heterocycles. The van der Waals surface area contributed by atoms with Crippen LogP contribution < -0.4 is 0 Å². The van der Waals surface area contributed by atoms with Crippen LogP contribution in [0.4, 0.5) is 0 Å². The van der Waals surface area contributed by atoms with Crippen LogP contribution in [0.25, 0.3) is 5.69 Å². The standard InChI is InChI=1S/C13H17N2P/c1-10-15(11-8-6-5-7-9-11)14-12(16-10)13(2,3)4/h5-9H,1-4H3. The van der Waals surface area contributed by atoms with Gasteiger partial charge in [0.05, 0.1) is 16.5 Å². The number of benzene rings is 1. The van der Waals surface area contributed by atoms with E-state index in [0.717, 1.165) is 5.69 Å². The first kappa shape index (κ1) is 11.3. The van der Waals surface area contributed by atoms with Crippen LogP contribution in [0, 0.1) is 6.92 Å². The number of hydrogen-bond donors (Lipinski definition) is 0. The van der Waals surface area contributed by atoms with Gasteiger partial charge in [-0.05, 0) is 27.2 Å². The molecular formula is C13H17N2P. The van der Waals surface area contributed by atoms with Crippen molar-refractivity contribution in [2.24, 2.45) is 0 Å². The summed E-state index contributed by atoms with van der Waals surface area (Å²) < 4.78 is 2.04. The highest BCUT2D eigenvalue weighted by Crippen LogP contribution is 2.31. The van der Waals surface area contributed by atoms with E-state index in [1.165, 1.54) is 19.0 Å². The first-order valence-corrected chi connectivity index (χ1v) is 6.37. The minimum absolute atomic E-state index is 0.145. The molecule has 0 saturated carbocycles. The summed E-state index contributed by atoms with van der Waals surface area (Å²) in [6.45, 7) is 8.76. The van der Waals surface area contributed by atoms with E-state index < -0.39 is 0 Å². The van der Waals surface area contributed by atoms with Crippen LogP contribution in [0.15, 0.2) is 30.3 Å². The molecule has 0 amide bonds. The van der Waals surface area contributed by atoms with Crippen LogP contribution in [0.5, 0.6) is 0 Å². The van der Waals surface area contributed by atoms with Crippen LogP contribution in [0.1, 0.15) is 31.6 Å². The Morgan fingerprint density at radius 3 is 2.25 bits per heavy atom. The van der Waals surface area contributed by atoms with E-state index in [1.54, 1.807) is 0 Å². The van der Waals surface area contributed by atoms with Crippen molar-refractivity contribution >= 4 is 8.19 Å². The van der Waals surface area contributed by atoms with Gasteiger partial charge in [0.15, 0.2) is 0 Å². The monoisotopic (exact) mass is 232 g/mol. The van der Waals surface area contributed by atoms with E-state index in [1.807, 2.05) is 22.9 Å². The zero-order chi connectivity index (χ0) is 11.8. The zero-order valence-corrected chi connectivity index (χ0v) is 11.1. The fraction of sp³-hybridized carbons (Fsp3) is 0.385. The van der Waals surface area contributed by atoms with Crippen LogP contribution in [0.2, 0.25) is 0 Å². The summed E-state index contributed by atoms with van der Waals surface area (Å²) >= 11 is 0. The Balaban J connectivity index is 2.48. The average Bonchev–Trinajstić information content (AvgIpc) is 2.61. The first-order valence-electron chi connectivity index (χ1n) is 5.48. The van der Waals surface area contributed by atoms with Crippen LogP contribution in [-0.2, 0) is 5.41 Å². The van der Waals surface area contributed by atoms with Crippen molar-refractivity contribution in [1.82, 2.24) is 9.78 Å². The van der Waals surface area contributed by atoms with Gasteiger partial charge in [0.25, 0.3) is 0 Å². The lowest BCUT2D eigenvalue weighted by atomic mass is 9.98. The highest BCUT2D eigenvalue weighted by molar-refractivity contribution is 7.31. The summed E-state index contributed by atoms with van der Waals surface area (Å²) in [7, 11) is 1.25. The minimum Gasteiger partial charge on any atom is -0.233 e. The highest BCUT2D eigenvalue weighted by atomic mass is 31.0. The van der Waals surface area contributed by atoms with E-state index in [0.29, 0.717) is 0 Å². The summed E-state index contributed by atoms with van der Waals surface area (Å²) in [5.74, 6) is 0. The molecule has 2 rings (SSSR count). The van der Waals surface area contributed by atoms with Crippen molar-refractivity contribution in [3.63, 3.8) is 0 Å². The second-order valence-electron chi connectivity index (χ2n) is 4.98. The Hall–Kier alpha value is -1.14. The lowest BCUT2D eigenvalue weighted by Crippen LogP contribution is -2.11. The predicted molar refractivity (Wildman–Crippen MR) is 69.5 cm³/mol. The molecule has 1 aromatic carbocycles. The number of nitrogens with zero attached hydrogens (tertiary/aromatic N) is 2. The molecule has 0 aliphatic carbocycles. The maximum Gasteiger partial charge on any atom is 0.0951 e. The highest BCUT2D eigenvalue weighted by Gasteiger charge is 2.19. The first-order chi connectivity index (χ1) is 7.48. The summed E-state index contributed by atoms with van der Waals surface area (Å²) in [5.41, 5.74) is 3.79. The predicted octanol–water partition coefficient (Wildman–Crippen LogP) is 4.06. The third-order valence-corrected chi connectivity index (χ3v) is 3.93. The zero-order valence-electron chi connectivity index (χ0n) is 10.2. The van der Waals surface area contributed by atoms with Gasteiger partial charge in [0, 0.05) is 5.41 Å². The Morgan fingerprint density at radius 2 is 1.75 bits per heavy atom. The second-order valence-corrected chi connectivity index (χ2v) is 6.27. The number of rotatable bonds is 1. The molecule has 0 aliphatic heterocycles. The van der Waals surface area contributed by atoms with Gasteiger partial charge in [-0.1, -0.05) is 39.0 Å². The van der Waals surface area contributed by atoms with E-state index in [-0.39, 0.29) is 5.41 Å². The molecule has 0 aliphatic rings. The molecule has 2 aromatic rings. The smallest absolute Gasteiger partial charge is 0.0951 e. The van der Waals surface area contributed by atoms with Gasteiger partial charge in [-0.25, -0.2) is 4.68 Å². The molecule has 2 nitrogen and oxygen atoms in total. The maximum atomic E-state index is 4.71. The molecule has 0 atom stereocenters. The number of aromatic nitrogens is 2. The lowest BCUT2D eigenvalue weighted by molar-refractivity contribution is 0.569. The third kappa shape index (κ3) is 2.17. The Bertz CT molecular complexity index is 480. The van der Waals surface area contributed by atoms with Gasteiger partial charge in [-0.3, -0.25) is 0 Å². The molecular weight excluding hydrogens is 215 g/mol. The summed E-state index contributed by atoms with van der Waals surface area (Å²) in [5, 5.41) is 4.71. The molecule has 16 heavy (non-hydrogen) atoms. The van der Waals surface area contributed by atoms with Crippen molar-refractivity contribution in [2.45, 2.75) is 33.1 Å². The fourth-order valence-corrected chi connectivity index (χ4v) is 2.55. The Labute approximate surface area is 98.4 Å². The van der Waals surface area contributed by atoms with Crippen LogP contribution in [-0.4, -0.2) is 9.78 Å². The van der Waals surface area contributed by atoms with E-state index in [9.17, 15) is 0 Å². The lowest BCUT2D eigenvalue weighted by Gasteiger charge is -2.13. The van der Waals surface area contributed by atoms with Crippen molar-refractivity contribution in [2.75, 3.05) is 0 Å². The van der Waals surface area contributed by atoms with Crippen LogP contribution >= 0.6 is 8.19 Å². The molecule has 0 unspecified atom stereocenters. The van der Waals surface area contributed by atoms with Gasteiger partial charge in [0.1, 0.15) is 0 Å². The molecule has 0 fully saturated rings. The summed E-state index contributed by atoms with van der Waals surface area (Å²) in [6, 6.07) is 10.3. The largest absolute Gasteiger partial charge is 0.233 e. The normalized spacial score (nSPS) is 12.2. The van der Waals surface area contributed by atoms with Crippen molar-refractivity contribution in [1.29, 1.82) is 0 Å². The van der Waals surface area contributed by atoms with Gasteiger partial charge in [-0.2, -0.15) is 5.10 Å². The fourth-order valence-electron chi connectivity index (χ4n) is 1.52. The topological polar surface area (TPSA) is 17.8 Å². The summed E-state index contributed by atoms with van der Waals surface area (Å²) in [4.78, 5) is 0. The molecule has 0 N–H and O–H groups in total. The summed E-state index contributed by atoms with van der Waals surface area (Å²) in [6.07, 6.45) is 0. The molecule has 1 aromatic heterocycles. The molecule has 84 valence electrons. The number of aryl methyl sites for hydroxylation is 1. The molecule has 0 radical (unpaired) electrons. The number of hydrogen-bond acceptors (Lipinski definition) is 1. The molecule has 0 saturated heterocycles. The maximum absolute atomic E-state index is 4.71. The molecule has 0 spiro atoms. The third-order valence-electron chi connectivity index (χ3n) is 2.44. The van der Waals surface area contributed by atoms with E-state index in [2.05, 4.69) is 39.8 Å². The van der Waals surface area contributed by atoms with E-state index >= 15 is 0 Å². The molecule has 0 bridgehead atoms. The van der Waals surface area contributed by atoms with E-state index in [4.69, 9.17) is 5.10 Å². The quantitative estimate of drug-likeness (QED) is 0.725. The van der Waals surface area contributed by atoms with Gasteiger partial charge < -0.3 is 0 Å². The van der Waals surface area contributed by atoms with Crippen LogP contribution in [0.3, 0.4) is 0 Å². The van der Waals surface area contributed by atoms with Gasteiger partial charge in [-0.15, -0.1) is 0 Å². The average molecular weight is 232 g/mol. The SMILES string of the molecule is Cc1pc(C(C)(C)C)nn1-c1ccccc1. The molecule has 3 heteroatoms.